The summed E-state index contributed by atoms with van der Waals surface area (Å²) in [4.78, 5) is 28.2. The molecule has 0 unspecified atom stereocenters. The molecule has 1 heterocycles. The van der Waals surface area contributed by atoms with Gasteiger partial charge in [-0.2, -0.15) is 0 Å². The number of rotatable bonds is 5. The average molecular weight is 373 g/mol. The summed E-state index contributed by atoms with van der Waals surface area (Å²) < 4.78 is 41.3. The van der Waals surface area contributed by atoms with Crippen molar-refractivity contribution >= 4 is 5.91 Å². The van der Waals surface area contributed by atoms with Gasteiger partial charge in [-0.05, 0) is 36.4 Å². The summed E-state index contributed by atoms with van der Waals surface area (Å²) in [6.07, 6.45) is 1.29. The molecule has 1 amide bonds. The van der Waals surface area contributed by atoms with Crippen molar-refractivity contribution in [2.24, 2.45) is 0 Å². The Morgan fingerprint density at radius 1 is 1.04 bits per heavy atom. The van der Waals surface area contributed by atoms with E-state index in [1.54, 1.807) is 0 Å². The van der Waals surface area contributed by atoms with Crippen LogP contribution in [0.15, 0.2) is 59.7 Å². The van der Waals surface area contributed by atoms with Gasteiger partial charge in [0.1, 0.15) is 23.0 Å². The topological polar surface area (TPSA) is 64.0 Å². The summed E-state index contributed by atoms with van der Waals surface area (Å²) in [5.41, 5.74) is -0.0806. The predicted octanol–water partition coefficient (Wildman–Crippen LogP) is 2.76. The second-order valence-electron chi connectivity index (χ2n) is 5.67. The number of carbonyl (C=O) groups excluding carboxylic acids is 1. The van der Waals surface area contributed by atoms with Gasteiger partial charge < -0.3 is 5.32 Å². The van der Waals surface area contributed by atoms with Gasteiger partial charge in [-0.15, -0.1) is 0 Å². The fourth-order valence-corrected chi connectivity index (χ4v) is 2.47. The van der Waals surface area contributed by atoms with E-state index >= 15 is 0 Å². The normalized spacial score (nSPS) is 10.6. The van der Waals surface area contributed by atoms with Crippen LogP contribution in [0.1, 0.15) is 10.4 Å². The van der Waals surface area contributed by atoms with Gasteiger partial charge in [0.2, 0.25) is 0 Å². The Morgan fingerprint density at radius 2 is 1.70 bits per heavy atom. The number of benzene rings is 2. The number of nitrogens with zero attached hydrogens (tertiary/aromatic N) is 2. The standard InChI is InChI=1S/C19H14F3N3O2/c20-13-6-4-12(5-7-13)16-10-17(26)25(11-24-16)9-8-23-19(27)18-14(21)2-1-3-15(18)22/h1-7,10-11H,8-9H2,(H,23,27). The summed E-state index contributed by atoms with van der Waals surface area (Å²) in [6, 6.07) is 9.96. The highest BCUT2D eigenvalue weighted by Gasteiger charge is 2.16. The highest BCUT2D eigenvalue weighted by atomic mass is 19.1. The minimum Gasteiger partial charge on any atom is -0.350 e. The van der Waals surface area contributed by atoms with Crippen LogP contribution < -0.4 is 10.9 Å². The van der Waals surface area contributed by atoms with E-state index in [0.717, 1.165) is 18.2 Å². The molecule has 27 heavy (non-hydrogen) atoms. The number of hydrogen-bond donors (Lipinski definition) is 1. The third-order valence-electron chi connectivity index (χ3n) is 3.85. The Hall–Kier alpha value is -3.42. The minimum absolute atomic E-state index is 0.0237. The highest BCUT2D eigenvalue weighted by Crippen LogP contribution is 2.15. The molecule has 0 aliphatic rings. The highest BCUT2D eigenvalue weighted by molar-refractivity contribution is 5.94. The van der Waals surface area contributed by atoms with Crippen molar-refractivity contribution in [3.8, 4) is 11.3 Å². The molecule has 0 saturated heterocycles. The van der Waals surface area contributed by atoms with Gasteiger partial charge in [0.15, 0.2) is 0 Å². The maximum Gasteiger partial charge on any atom is 0.257 e. The van der Waals surface area contributed by atoms with Crippen molar-refractivity contribution in [2.45, 2.75) is 6.54 Å². The zero-order valence-electron chi connectivity index (χ0n) is 14.0. The van der Waals surface area contributed by atoms with E-state index in [4.69, 9.17) is 0 Å². The van der Waals surface area contributed by atoms with E-state index in [0.29, 0.717) is 11.3 Å². The second kappa shape index (κ2) is 7.86. The van der Waals surface area contributed by atoms with Crippen LogP contribution in [0.3, 0.4) is 0 Å². The molecular formula is C19H14F3N3O2. The predicted molar refractivity (Wildman–Crippen MR) is 92.6 cm³/mol. The van der Waals surface area contributed by atoms with Crippen LogP contribution in [0.25, 0.3) is 11.3 Å². The third kappa shape index (κ3) is 4.22. The van der Waals surface area contributed by atoms with Crippen molar-refractivity contribution in [2.75, 3.05) is 6.54 Å². The molecular weight excluding hydrogens is 359 g/mol. The van der Waals surface area contributed by atoms with Gasteiger partial charge in [0, 0.05) is 24.7 Å². The van der Waals surface area contributed by atoms with Crippen LogP contribution in [-0.2, 0) is 6.54 Å². The molecule has 0 bridgehead atoms. The van der Waals surface area contributed by atoms with Gasteiger partial charge in [-0.1, -0.05) is 6.07 Å². The first-order valence-electron chi connectivity index (χ1n) is 8.00. The fourth-order valence-electron chi connectivity index (χ4n) is 2.47. The minimum atomic E-state index is -0.963. The quantitative estimate of drug-likeness (QED) is 0.748. The van der Waals surface area contributed by atoms with Crippen molar-refractivity contribution in [3.63, 3.8) is 0 Å². The molecule has 2 aromatic carbocycles. The Bertz CT molecular complexity index is 1010. The lowest BCUT2D eigenvalue weighted by Gasteiger charge is -2.09. The van der Waals surface area contributed by atoms with Gasteiger partial charge >= 0.3 is 0 Å². The van der Waals surface area contributed by atoms with Crippen molar-refractivity contribution < 1.29 is 18.0 Å². The van der Waals surface area contributed by atoms with Gasteiger partial charge in [0.25, 0.3) is 11.5 Å². The lowest BCUT2D eigenvalue weighted by molar-refractivity contribution is 0.0943. The molecule has 8 heteroatoms. The van der Waals surface area contributed by atoms with Crippen LogP contribution in [0, 0.1) is 17.5 Å². The molecule has 0 saturated carbocycles. The van der Waals surface area contributed by atoms with Crippen molar-refractivity contribution in [1.82, 2.24) is 14.9 Å². The summed E-state index contributed by atoms with van der Waals surface area (Å²) in [7, 11) is 0. The SMILES string of the molecule is O=C(NCCn1cnc(-c2ccc(F)cc2)cc1=O)c1c(F)cccc1F. The number of aromatic nitrogens is 2. The number of amides is 1. The number of hydrogen-bond acceptors (Lipinski definition) is 3. The first-order chi connectivity index (χ1) is 13.0. The Kier molecular flexibility index (Phi) is 5.35. The molecule has 0 aliphatic heterocycles. The molecule has 0 fully saturated rings. The van der Waals surface area contributed by atoms with Crippen LogP contribution in [0.4, 0.5) is 13.2 Å². The molecule has 5 nitrogen and oxygen atoms in total. The van der Waals surface area contributed by atoms with E-state index < -0.39 is 28.9 Å². The van der Waals surface area contributed by atoms with Crippen LogP contribution in [0.2, 0.25) is 0 Å². The maximum atomic E-state index is 13.6. The average Bonchev–Trinajstić information content (AvgIpc) is 2.63. The second-order valence-corrected chi connectivity index (χ2v) is 5.67. The Balaban J connectivity index is 1.66. The van der Waals surface area contributed by atoms with E-state index in [2.05, 4.69) is 10.3 Å². The number of nitrogens with one attached hydrogen (secondary N) is 1. The lowest BCUT2D eigenvalue weighted by atomic mass is 10.1. The number of carbonyl (C=O) groups is 1. The van der Waals surface area contributed by atoms with E-state index in [-0.39, 0.29) is 18.6 Å². The molecule has 1 N–H and O–H groups in total. The first kappa shape index (κ1) is 18.4. The summed E-state index contributed by atoms with van der Waals surface area (Å²) in [5, 5.41) is 2.36. The number of halogens is 3. The zero-order valence-corrected chi connectivity index (χ0v) is 14.0. The fraction of sp³-hybridized carbons (Fsp3) is 0.105. The van der Waals surface area contributed by atoms with Crippen LogP contribution in [-0.4, -0.2) is 22.0 Å². The summed E-state index contributed by atoms with van der Waals surface area (Å²) in [6.45, 7) is 0.0431. The van der Waals surface area contributed by atoms with Crippen LogP contribution in [0.5, 0.6) is 0 Å². The first-order valence-corrected chi connectivity index (χ1v) is 8.00. The molecule has 1 aromatic heterocycles. The van der Waals surface area contributed by atoms with Crippen LogP contribution >= 0.6 is 0 Å². The molecule has 0 spiro atoms. The summed E-state index contributed by atoms with van der Waals surface area (Å²) in [5.74, 6) is -3.23. The molecule has 0 aliphatic carbocycles. The molecule has 138 valence electrons. The molecule has 0 atom stereocenters. The van der Waals surface area contributed by atoms with Crippen molar-refractivity contribution in [1.29, 1.82) is 0 Å². The summed E-state index contributed by atoms with van der Waals surface area (Å²) >= 11 is 0. The molecule has 3 aromatic rings. The largest absolute Gasteiger partial charge is 0.350 e. The van der Waals surface area contributed by atoms with Gasteiger partial charge in [-0.25, -0.2) is 18.2 Å². The maximum absolute atomic E-state index is 13.6. The Morgan fingerprint density at radius 3 is 2.33 bits per heavy atom. The van der Waals surface area contributed by atoms with E-state index in [9.17, 15) is 22.8 Å². The molecule has 0 radical (unpaired) electrons. The molecule has 3 rings (SSSR count). The van der Waals surface area contributed by atoms with Gasteiger partial charge in [0.05, 0.1) is 12.0 Å². The lowest BCUT2D eigenvalue weighted by Crippen LogP contribution is -2.31. The zero-order chi connectivity index (χ0) is 19.4. The van der Waals surface area contributed by atoms with Gasteiger partial charge in [-0.3, -0.25) is 14.2 Å². The Labute approximate surface area is 152 Å². The third-order valence-corrected chi connectivity index (χ3v) is 3.85. The monoisotopic (exact) mass is 373 g/mol. The smallest absolute Gasteiger partial charge is 0.257 e. The van der Waals surface area contributed by atoms with E-state index in [1.807, 2.05) is 0 Å². The van der Waals surface area contributed by atoms with E-state index in [1.165, 1.54) is 41.2 Å². The van der Waals surface area contributed by atoms with Crippen molar-refractivity contribution in [3.05, 3.63) is 88.2 Å².